The molecule has 0 aliphatic heterocycles. The minimum Gasteiger partial charge on any atom is -0.387 e. The average molecular weight is 284 g/mol. The third kappa shape index (κ3) is 2.65. The van der Waals surface area contributed by atoms with Crippen molar-refractivity contribution in [2.45, 2.75) is 12.5 Å². The molecule has 0 aliphatic carbocycles. The summed E-state index contributed by atoms with van der Waals surface area (Å²) >= 11 is 4.79. The summed E-state index contributed by atoms with van der Waals surface area (Å²) in [7, 11) is 0. The lowest BCUT2D eigenvalue weighted by molar-refractivity contribution is 0.181. The molecule has 2 rings (SSSR count). The van der Waals surface area contributed by atoms with Crippen molar-refractivity contribution in [3.63, 3.8) is 0 Å². The number of thiazole rings is 1. The first-order valence-electron chi connectivity index (χ1n) is 4.58. The van der Waals surface area contributed by atoms with E-state index in [4.69, 9.17) is 0 Å². The zero-order valence-electron chi connectivity index (χ0n) is 7.93. The van der Waals surface area contributed by atoms with E-state index in [1.807, 2.05) is 30.3 Å². The van der Waals surface area contributed by atoms with Gasteiger partial charge in [0.05, 0.1) is 16.5 Å². The Labute approximate surface area is 101 Å². The fourth-order valence-corrected chi connectivity index (χ4v) is 2.83. The number of halogens is 1. The monoisotopic (exact) mass is 283 g/mol. The van der Waals surface area contributed by atoms with Crippen molar-refractivity contribution in [2.75, 3.05) is 0 Å². The summed E-state index contributed by atoms with van der Waals surface area (Å²) in [5.41, 5.74) is 2.86. The van der Waals surface area contributed by atoms with E-state index < -0.39 is 6.10 Å². The summed E-state index contributed by atoms with van der Waals surface area (Å²) in [5.74, 6) is 0. The van der Waals surface area contributed by atoms with E-state index in [0.29, 0.717) is 6.42 Å². The SMILES string of the molecule is OC(Cc1ccccc1)c1scnc1Br. The van der Waals surface area contributed by atoms with Gasteiger partial charge in [-0.25, -0.2) is 4.98 Å². The van der Waals surface area contributed by atoms with Gasteiger partial charge >= 0.3 is 0 Å². The standard InChI is InChI=1S/C11H10BrNOS/c12-11-10(15-7-13-11)9(14)6-8-4-2-1-3-5-8/h1-5,7,9,14H,6H2. The molecule has 0 aliphatic rings. The van der Waals surface area contributed by atoms with Crippen molar-refractivity contribution < 1.29 is 5.11 Å². The van der Waals surface area contributed by atoms with E-state index in [1.54, 1.807) is 5.51 Å². The van der Waals surface area contributed by atoms with E-state index >= 15 is 0 Å². The molecular weight excluding hydrogens is 274 g/mol. The zero-order valence-corrected chi connectivity index (χ0v) is 10.3. The molecule has 0 fully saturated rings. The van der Waals surface area contributed by atoms with E-state index in [0.717, 1.165) is 15.0 Å². The molecular formula is C11H10BrNOS. The second-order valence-corrected chi connectivity index (χ2v) is 4.85. The highest BCUT2D eigenvalue weighted by molar-refractivity contribution is 9.10. The summed E-state index contributed by atoms with van der Waals surface area (Å²) in [5, 5.41) is 9.98. The Morgan fingerprint density at radius 1 is 1.33 bits per heavy atom. The number of rotatable bonds is 3. The van der Waals surface area contributed by atoms with Crippen LogP contribution in [0.2, 0.25) is 0 Å². The summed E-state index contributed by atoms with van der Waals surface area (Å²) in [6, 6.07) is 9.95. The first-order valence-corrected chi connectivity index (χ1v) is 6.25. The van der Waals surface area contributed by atoms with Gasteiger partial charge in [-0.15, -0.1) is 11.3 Å². The van der Waals surface area contributed by atoms with Crippen LogP contribution >= 0.6 is 27.3 Å². The third-order valence-electron chi connectivity index (χ3n) is 2.12. The quantitative estimate of drug-likeness (QED) is 0.939. The summed E-state index contributed by atoms with van der Waals surface area (Å²) in [4.78, 5) is 4.94. The van der Waals surface area contributed by atoms with E-state index in [-0.39, 0.29) is 0 Å². The smallest absolute Gasteiger partial charge is 0.122 e. The number of benzene rings is 1. The molecule has 15 heavy (non-hydrogen) atoms. The Morgan fingerprint density at radius 2 is 2.07 bits per heavy atom. The van der Waals surface area contributed by atoms with Gasteiger partial charge in [0.2, 0.25) is 0 Å². The molecule has 1 unspecified atom stereocenters. The highest BCUT2D eigenvalue weighted by Crippen LogP contribution is 2.28. The molecule has 0 saturated carbocycles. The predicted octanol–water partition coefficient (Wildman–Crippen LogP) is 3.18. The summed E-state index contributed by atoms with van der Waals surface area (Å²) in [6.45, 7) is 0. The molecule has 1 heterocycles. The van der Waals surface area contributed by atoms with Gasteiger partial charge in [0.15, 0.2) is 0 Å². The van der Waals surface area contributed by atoms with Crippen LogP contribution in [0.5, 0.6) is 0 Å². The molecule has 0 spiro atoms. The van der Waals surface area contributed by atoms with Crippen LogP contribution in [0.4, 0.5) is 0 Å². The summed E-state index contributed by atoms with van der Waals surface area (Å²) in [6.07, 6.45) is 0.149. The molecule has 1 atom stereocenters. The fourth-order valence-electron chi connectivity index (χ4n) is 1.39. The van der Waals surface area contributed by atoms with Gasteiger partial charge in [-0.05, 0) is 21.5 Å². The first-order chi connectivity index (χ1) is 7.27. The molecule has 0 amide bonds. The second-order valence-electron chi connectivity index (χ2n) is 3.21. The molecule has 0 saturated heterocycles. The number of aliphatic hydroxyl groups is 1. The maximum atomic E-state index is 9.98. The molecule has 78 valence electrons. The van der Waals surface area contributed by atoms with Crippen LogP contribution < -0.4 is 0 Å². The maximum absolute atomic E-state index is 9.98. The summed E-state index contributed by atoms with van der Waals surface area (Å²) < 4.78 is 0.746. The predicted molar refractivity (Wildman–Crippen MR) is 64.9 cm³/mol. The van der Waals surface area contributed by atoms with Crippen LogP contribution in [0.3, 0.4) is 0 Å². The molecule has 1 aromatic carbocycles. The van der Waals surface area contributed by atoms with Crippen molar-refractivity contribution in [2.24, 2.45) is 0 Å². The minimum absolute atomic E-state index is 0.478. The number of aliphatic hydroxyl groups excluding tert-OH is 1. The van der Waals surface area contributed by atoms with Crippen molar-refractivity contribution in [1.29, 1.82) is 0 Å². The third-order valence-corrected chi connectivity index (χ3v) is 3.95. The zero-order chi connectivity index (χ0) is 10.7. The van der Waals surface area contributed by atoms with Gasteiger partial charge in [-0.2, -0.15) is 0 Å². The minimum atomic E-state index is -0.478. The molecule has 2 aromatic rings. The molecule has 1 aromatic heterocycles. The van der Waals surface area contributed by atoms with E-state index in [2.05, 4.69) is 20.9 Å². The van der Waals surface area contributed by atoms with Gasteiger partial charge in [0.25, 0.3) is 0 Å². The molecule has 2 nitrogen and oxygen atoms in total. The normalized spacial score (nSPS) is 12.7. The van der Waals surface area contributed by atoms with Crippen LogP contribution in [-0.2, 0) is 6.42 Å². The van der Waals surface area contributed by atoms with Crippen LogP contribution in [0.15, 0.2) is 40.4 Å². The van der Waals surface area contributed by atoms with E-state index in [9.17, 15) is 5.11 Å². The van der Waals surface area contributed by atoms with Gasteiger partial charge in [-0.3, -0.25) is 0 Å². The molecule has 0 bridgehead atoms. The molecule has 0 radical (unpaired) electrons. The highest BCUT2D eigenvalue weighted by Gasteiger charge is 2.14. The first kappa shape index (κ1) is 10.8. The second kappa shape index (κ2) is 4.88. The fraction of sp³-hybridized carbons (Fsp3) is 0.182. The van der Waals surface area contributed by atoms with Gasteiger partial charge < -0.3 is 5.11 Å². The molecule has 4 heteroatoms. The van der Waals surface area contributed by atoms with Crippen molar-refractivity contribution in [3.8, 4) is 0 Å². The van der Waals surface area contributed by atoms with Crippen molar-refractivity contribution in [3.05, 3.63) is 50.9 Å². The Balaban J connectivity index is 2.11. The number of aromatic nitrogens is 1. The Kier molecular flexibility index (Phi) is 3.51. The number of hydrogen-bond donors (Lipinski definition) is 1. The van der Waals surface area contributed by atoms with Gasteiger partial charge in [0.1, 0.15) is 4.60 Å². The highest BCUT2D eigenvalue weighted by atomic mass is 79.9. The van der Waals surface area contributed by atoms with Crippen LogP contribution in [0.1, 0.15) is 16.5 Å². The van der Waals surface area contributed by atoms with Crippen LogP contribution in [0, 0.1) is 0 Å². The van der Waals surface area contributed by atoms with E-state index in [1.165, 1.54) is 11.3 Å². The van der Waals surface area contributed by atoms with Crippen molar-refractivity contribution >= 4 is 27.3 Å². The van der Waals surface area contributed by atoms with Crippen molar-refractivity contribution in [1.82, 2.24) is 4.98 Å². The lowest BCUT2D eigenvalue weighted by Crippen LogP contribution is -2.00. The molecule has 1 N–H and O–H groups in total. The largest absolute Gasteiger partial charge is 0.387 e. The van der Waals surface area contributed by atoms with Crippen LogP contribution in [0.25, 0.3) is 0 Å². The maximum Gasteiger partial charge on any atom is 0.122 e. The lowest BCUT2D eigenvalue weighted by Gasteiger charge is -2.08. The Bertz CT molecular complexity index is 429. The van der Waals surface area contributed by atoms with Crippen LogP contribution in [-0.4, -0.2) is 10.1 Å². The lowest BCUT2D eigenvalue weighted by atomic mass is 10.1. The van der Waals surface area contributed by atoms with Gasteiger partial charge in [0, 0.05) is 6.42 Å². The topological polar surface area (TPSA) is 33.1 Å². The number of nitrogens with zero attached hydrogens (tertiary/aromatic N) is 1. The Hall–Kier alpha value is -0.710. The average Bonchev–Trinajstić information content (AvgIpc) is 2.66. The Morgan fingerprint density at radius 3 is 2.67 bits per heavy atom. The number of hydrogen-bond acceptors (Lipinski definition) is 3. The van der Waals surface area contributed by atoms with Gasteiger partial charge in [-0.1, -0.05) is 30.3 Å².